The van der Waals surface area contributed by atoms with Crippen LogP contribution in [0.4, 0.5) is 0 Å². The summed E-state index contributed by atoms with van der Waals surface area (Å²) in [6.07, 6.45) is 9.63. The first-order chi connectivity index (χ1) is 13.4. The Kier molecular flexibility index (Phi) is 9.38. The van der Waals surface area contributed by atoms with Gasteiger partial charge in [0.15, 0.2) is 0 Å². The van der Waals surface area contributed by atoms with Crippen LogP contribution in [0.25, 0.3) is 0 Å². The number of hydrogen-bond acceptors (Lipinski definition) is 5. The average Bonchev–Trinajstić information content (AvgIpc) is 3.16. The van der Waals surface area contributed by atoms with Gasteiger partial charge in [-0.1, -0.05) is 24.3 Å². The van der Waals surface area contributed by atoms with E-state index in [1.54, 1.807) is 17.4 Å². The molecule has 0 aromatic carbocycles. The molecule has 0 spiro atoms. The molecule has 5 nitrogen and oxygen atoms in total. The number of aliphatic hydroxyl groups is 3. The van der Waals surface area contributed by atoms with Crippen molar-refractivity contribution in [3.63, 3.8) is 0 Å². The Morgan fingerprint density at radius 1 is 1.32 bits per heavy atom. The molecule has 1 aromatic heterocycles. The maximum absolute atomic E-state index is 10.5. The molecule has 0 amide bonds. The summed E-state index contributed by atoms with van der Waals surface area (Å²) in [4.78, 5) is 11.8. The first-order valence-electron chi connectivity index (χ1n) is 10.0. The third kappa shape index (κ3) is 7.17. The Morgan fingerprint density at radius 2 is 2.11 bits per heavy atom. The fraction of sp³-hybridized carbons (Fsp3) is 0.591. The van der Waals surface area contributed by atoms with Gasteiger partial charge in [0.05, 0.1) is 18.3 Å². The number of carboxylic acids is 1. The molecular formula is C22H32O5S. The summed E-state index contributed by atoms with van der Waals surface area (Å²) < 4.78 is 0. The molecule has 2 rings (SSSR count). The van der Waals surface area contributed by atoms with Gasteiger partial charge >= 0.3 is 5.97 Å². The van der Waals surface area contributed by atoms with Crippen LogP contribution in [0, 0.1) is 18.8 Å². The molecule has 6 heteroatoms. The van der Waals surface area contributed by atoms with Crippen LogP contribution in [-0.2, 0) is 11.2 Å². The van der Waals surface area contributed by atoms with Gasteiger partial charge in [0.25, 0.3) is 0 Å². The van der Waals surface area contributed by atoms with Crippen molar-refractivity contribution in [1.82, 2.24) is 0 Å². The number of aliphatic hydroxyl groups excluding tert-OH is 3. The first kappa shape index (κ1) is 22.8. The van der Waals surface area contributed by atoms with Crippen LogP contribution in [0.1, 0.15) is 49.0 Å². The van der Waals surface area contributed by atoms with Crippen molar-refractivity contribution in [3.8, 4) is 0 Å². The van der Waals surface area contributed by atoms with E-state index in [-0.39, 0.29) is 18.3 Å². The summed E-state index contributed by atoms with van der Waals surface area (Å²) in [7, 11) is 0. The Labute approximate surface area is 171 Å². The van der Waals surface area contributed by atoms with Crippen LogP contribution in [0.15, 0.2) is 35.8 Å². The lowest BCUT2D eigenvalue weighted by Gasteiger charge is -2.19. The zero-order chi connectivity index (χ0) is 20.5. The highest BCUT2D eigenvalue weighted by atomic mass is 32.1. The van der Waals surface area contributed by atoms with Crippen molar-refractivity contribution in [2.75, 3.05) is 0 Å². The molecule has 5 atom stereocenters. The Balaban J connectivity index is 1.82. The summed E-state index contributed by atoms with van der Waals surface area (Å²) in [6, 6.07) is 2.09. The normalized spacial score (nSPS) is 26.4. The fourth-order valence-corrected chi connectivity index (χ4v) is 4.53. The molecule has 1 aliphatic rings. The summed E-state index contributed by atoms with van der Waals surface area (Å²) in [5, 5.41) is 41.5. The zero-order valence-corrected chi connectivity index (χ0v) is 17.2. The van der Waals surface area contributed by atoms with Crippen molar-refractivity contribution in [1.29, 1.82) is 0 Å². The van der Waals surface area contributed by atoms with Crippen molar-refractivity contribution >= 4 is 17.3 Å². The van der Waals surface area contributed by atoms with E-state index in [9.17, 15) is 20.1 Å². The largest absolute Gasteiger partial charge is 0.481 e. The number of carboxylic acid groups (broad SMARTS) is 1. The SMILES string of the molecule is Cc1sccc1CC[C@H](O)/C=C/[C@@H]1[C@@H](C/C=C\CCCC(=O)O)[C@@H](O)C[C@H]1O. The second-order valence-corrected chi connectivity index (χ2v) is 8.72. The molecule has 156 valence electrons. The van der Waals surface area contributed by atoms with Gasteiger partial charge in [0.1, 0.15) is 0 Å². The lowest BCUT2D eigenvalue weighted by molar-refractivity contribution is -0.137. The van der Waals surface area contributed by atoms with E-state index in [2.05, 4.69) is 18.4 Å². The highest BCUT2D eigenvalue weighted by Gasteiger charge is 2.39. The van der Waals surface area contributed by atoms with E-state index in [4.69, 9.17) is 5.11 Å². The number of hydrogen-bond donors (Lipinski definition) is 4. The second-order valence-electron chi connectivity index (χ2n) is 7.60. The van der Waals surface area contributed by atoms with Crippen LogP contribution in [0.5, 0.6) is 0 Å². The summed E-state index contributed by atoms with van der Waals surface area (Å²) in [6.45, 7) is 2.08. The summed E-state index contributed by atoms with van der Waals surface area (Å²) >= 11 is 1.71. The van der Waals surface area contributed by atoms with Gasteiger partial charge in [-0.05, 0) is 62.0 Å². The minimum Gasteiger partial charge on any atom is -0.481 e. The highest BCUT2D eigenvalue weighted by Crippen LogP contribution is 2.36. The van der Waals surface area contributed by atoms with Crippen molar-refractivity contribution in [2.24, 2.45) is 11.8 Å². The van der Waals surface area contributed by atoms with Gasteiger partial charge in [0.2, 0.25) is 0 Å². The third-order valence-corrected chi connectivity index (χ3v) is 6.37. The predicted molar refractivity (Wildman–Crippen MR) is 111 cm³/mol. The monoisotopic (exact) mass is 408 g/mol. The second kappa shape index (κ2) is 11.5. The zero-order valence-electron chi connectivity index (χ0n) is 16.4. The number of thiophene rings is 1. The van der Waals surface area contributed by atoms with Crippen LogP contribution in [0.2, 0.25) is 0 Å². The lowest BCUT2D eigenvalue weighted by atomic mass is 9.89. The topological polar surface area (TPSA) is 98.0 Å². The van der Waals surface area contributed by atoms with Crippen LogP contribution < -0.4 is 0 Å². The highest BCUT2D eigenvalue weighted by molar-refractivity contribution is 7.10. The molecule has 4 N–H and O–H groups in total. The maximum atomic E-state index is 10.5. The third-order valence-electron chi connectivity index (χ3n) is 5.48. The van der Waals surface area contributed by atoms with E-state index in [1.165, 1.54) is 10.4 Å². The number of allylic oxidation sites excluding steroid dienone is 2. The smallest absolute Gasteiger partial charge is 0.303 e. The van der Waals surface area contributed by atoms with Gasteiger partial charge in [-0.3, -0.25) is 4.79 Å². The van der Waals surface area contributed by atoms with E-state index < -0.39 is 24.3 Å². The van der Waals surface area contributed by atoms with E-state index >= 15 is 0 Å². The fourth-order valence-electron chi connectivity index (χ4n) is 3.78. The molecule has 0 radical (unpaired) electrons. The average molecular weight is 409 g/mol. The van der Waals surface area contributed by atoms with E-state index in [0.717, 1.165) is 6.42 Å². The molecule has 1 aromatic rings. The Hall–Kier alpha value is -1.47. The Bertz CT molecular complexity index is 666. The van der Waals surface area contributed by atoms with Gasteiger partial charge in [-0.15, -0.1) is 11.3 Å². The molecule has 1 fully saturated rings. The number of rotatable bonds is 11. The number of carbonyl (C=O) groups is 1. The minimum absolute atomic E-state index is 0.0895. The van der Waals surface area contributed by atoms with Crippen molar-refractivity contribution in [3.05, 3.63) is 46.2 Å². The number of aliphatic carboxylic acids is 1. The molecule has 0 unspecified atom stereocenters. The van der Waals surface area contributed by atoms with Crippen molar-refractivity contribution < 1.29 is 25.2 Å². The quantitative estimate of drug-likeness (QED) is 0.332. The molecule has 1 saturated carbocycles. The minimum atomic E-state index is -0.791. The number of aryl methyl sites for hydroxylation is 2. The summed E-state index contributed by atoms with van der Waals surface area (Å²) in [5.41, 5.74) is 1.26. The van der Waals surface area contributed by atoms with Crippen LogP contribution in [-0.4, -0.2) is 44.7 Å². The standard InChI is InChI=1S/C22H32O5S/c1-15-16(12-13-28-15)8-9-17(23)10-11-19-18(20(24)14-21(19)25)6-4-2-3-5-7-22(26)27/h2,4,10-13,17-21,23-25H,3,5-9,14H2,1H3,(H,26,27)/b4-2-,11-10+/t17-,18+,19+,20-,21+/m0/s1. The van der Waals surface area contributed by atoms with Gasteiger partial charge < -0.3 is 20.4 Å². The van der Waals surface area contributed by atoms with E-state index in [0.29, 0.717) is 32.1 Å². The molecule has 1 aliphatic carbocycles. The van der Waals surface area contributed by atoms with Crippen LogP contribution in [0.3, 0.4) is 0 Å². The molecule has 28 heavy (non-hydrogen) atoms. The molecule has 0 aliphatic heterocycles. The predicted octanol–water partition coefficient (Wildman–Crippen LogP) is 3.47. The number of unbranched alkanes of at least 4 members (excludes halogenated alkanes) is 1. The lowest BCUT2D eigenvalue weighted by Crippen LogP contribution is -2.20. The molecule has 1 heterocycles. The van der Waals surface area contributed by atoms with Gasteiger partial charge in [-0.2, -0.15) is 0 Å². The maximum Gasteiger partial charge on any atom is 0.303 e. The van der Waals surface area contributed by atoms with Crippen molar-refractivity contribution in [2.45, 2.75) is 70.2 Å². The molecule has 0 saturated heterocycles. The van der Waals surface area contributed by atoms with Gasteiger partial charge in [0, 0.05) is 23.6 Å². The molecule has 0 bridgehead atoms. The van der Waals surface area contributed by atoms with Gasteiger partial charge in [-0.25, -0.2) is 0 Å². The Morgan fingerprint density at radius 3 is 2.79 bits per heavy atom. The van der Waals surface area contributed by atoms with E-state index in [1.807, 2.05) is 18.2 Å². The molecular weight excluding hydrogens is 376 g/mol. The first-order valence-corrected chi connectivity index (χ1v) is 10.9. The summed E-state index contributed by atoms with van der Waals surface area (Å²) in [5.74, 6) is -1.06. The van der Waals surface area contributed by atoms with Crippen LogP contribution >= 0.6 is 11.3 Å².